The van der Waals surface area contributed by atoms with Crippen molar-refractivity contribution in [3.63, 3.8) is 0 Å². The Hall–Kier alpha value is -2.68. The van der Waals surface area contributed by atoms with Crippen LogP contribution < -0.4 is 0 Å². The summed E-state index contributed by atoms with van der Waals surface area (Å²) in [4.78, 5) is 25.2. The first-order valence-electron chi connectivity index (χ1n) is 9.62. The van der Waals surface area contributed by atoms with Gasteiger partial charge in [0.1, 0.15) is 0 Å². The molecule has 0 N–H and O–H groups in total. The number of rotatable bonds is 2. The van der Waals surface area contributed by atoms with Crippen LogP contribution in [-0.4, -0.2) is 11.9 Å². The van der Waals surface area contributed by atoms with E-state index < -0.39 is 0 Å². The fourth-order valence-corrected chi connectivity index (χ4v) is 5.94. The van der Waals surface area contributed by atoms with Gasteiger partial charge < -0.3 is 4.74 Å². The molecule has 6 unspecified atom stereocenters. The van der Waals surface area contributed by atoms with Crippen LogP contribution >= 0.6 is 0 Å². The molecular weight excluding hydrogens is 336 g/mol. The van der Waals surface area contributed by atoms with Gasteiger partial charge in [0, 0.05) is 11.8 Å². The second-order valence-corrected chi connectivity index (χ2v) is 8.08. The summed E-state index contributed by atoms with van der Waals surface area (Å²) in [6.45, 7) is 4.27. The average Bonchev–Trinajstić information content (AvgIpc) is 3.00. The molecule has 6 atom stereocenters. The minimum atomic E-state index is -0.351. The number of esters is 2. The smallest absolute Gasteiger partial charge is 0.318 e. The van der Waals surface area contributed by atoms with E-state index in [1.165, 1.54) is 22.3 Å². The van der Waals surface area contributed by atoms with Crippen LogP contribution in [0.15, 0.2) is 71.8 Å². The lowest BCUT2D eigenvalue weighted by Gasteiger charge is -2.54. The summed E-state index contributed by atoms with van der Waals surface area (Å²) in [6.07, 6.45) is 0. The molecule has 2 bridgehead atoms. The molecule has 1 saturated heterocycles. The van der Waals surface area contributed by atoms with E-state index in [1.54, 1.807) is 0 Å². The molecular formula is C24H22O3. The number of carbonyl (C=O) groups excluding carboxylic acids is 2. The number of fused-ring (bicyclic) bond motifs is 1. The fraction of sp³-hybridized carbons (Fsp3) is 0.333. The van der Waals surface area contributed by atoms with Crippen LogP contribution in [0.1, 0.15) is 36.8 Å². The van der Waals surface area contributed by atoms with Crippen LogP contribution in [0.5, 0.6) is 0 Å². The van der Waals surface area contributed by atoms with E-state index in [0.717, 1.165) is 0 Å². The largest absolute Gasteiger partial charge is 0.393 e. The molecule has 2 fully saturated rings. The van der Waals surface area contributed by atoms with Crippen molar-refractivity contribution in [2.75, 3.05) is 0 Å². The van der Waals surface area contributed by atoms with Crippen LogP contribution in [0.3, 0.4) is 0 Å². The van der Waals surface area contributed by atoms with Crippen molar-refractivity contribution in [1.29, 1.82) is 0 Å². The number of benzene rings is 2. The van der Waals surface area contributed by atoms with Gasteiger partial charge in [0.2, 0.25) is 0 Å². The number of ether oxygens (including phenoxy) is 1. The molecule has 0 spiro atoms. The van der Waals surface area contributed by atoms with E-state index in [0.29, 0.717) is 0 Å². The van der Waals surface area contributed by atoms with E-state index in [9.17, 15) is 9.59 Å². The highest BCUT2D eigenvalue weighted by molar-refractivity contribution is 5.98. The predicted molar refractivity (Wildman–Crippen MR) is 102 cm³/mol. The molecule has 3 nitrogen and oxygen atoms in total. The summed E-state index contributed by atoms with van der Waals surface area (Å²) < 4.78 is 5.15. The summed E-state index contributed by atoms with van der Waals surface area (Å²) in [5, 5.41) is 0. The Kier molecular flexibility index (Phi) is 3.61. The maximum Gasteiger partial charge on any atom is 0.318 e. The zero-order valence-electron chi connectivity index (χ0n) is 15.5. The minimum Gasteiger partial charge on any atom is -0.393 e. The maximum atomic E-state index is 12.6. The quantitative estimate of drug-likeness (QED) is 0.452. The van der Waals surface area contributed by atoms with E-state index in [2.05, 4.69) is 62.4 Å². The Labute approximate surface area is 159 Å². The number of cyclic esters (lactones) is 2. The Morgan fingerprint density at radius 3 is 1.30 bits per heavy atom. The van der Waals surface area contributed by atoms with Gasteiger partial charge in [-0.3, -0.25) is 9.59 Å². The molecule has 3 aliphatic carbocycles. The molecule has 4 aliphatic rings. The summed E-state index contributed by atoms with van der Waals surface area (Å²) >= 11 is 0. The van der Waals surface area contributed by atoms with Crippen LogP contribution in [0.4, 0.5) is 0 Å². The van der Waals surface area contributed by atoms with Crippen LogP contribution in [0, 0.1) is 23.7 Å². The molecule has 0 amide bonds. The SMILES string of the molecule is CC1=C(C)C2C3C(=O)OC(=O)C3C1C(c1ccccc1)C2c1ccccc1. The number of hydrogen-bond donors (Lipinski definition) is 0. The van der Waals surface area contributed by atoms with Crippen LogP contribution in [0.25, 0.3) is 0 Å². The molecule has 6 rings (SSSR count). The highest BCUT2D eigenvalue weighted by Gasteiger charge is 2.64. The average molecular weight is 358 g/mol. The van der Waals surface area contributed by atoms with Gasteiger partial charge in [-0.15, -0.1) is 0 Å². The van der Waals surface area contributed by atoms with E-state index in [1.807, 2.05) is 12.1 Å². The Morgan fingerprint density at radius 1 is 0.556 bits per heavy atom. The summed E-state index contributed by atoms with van der Waals surface area (Å²) in [5.74, 6) is -1.02. The molecule has 136 valence electrons. The van der Waals surface area contributed by atoms with Gasteiger partial charge in [-0.2, -0.15) is 0 Å². The third-order valence-corrected chi connectivity index (χ3v) is 7.06. The third-order valence-electron chi connectivity index (χ3n) is 7.06. The number of allylic oxidation sites excluding steroid dienone is 2. The lowest BCUT2D eigenvalue weighted by molar-refractivity contribution is -0.154. The second-order valence-electron chi connectivity index (χ2n) is 8.08. The first kappa shape index (κ1) is 16.5. The number of hydrogen-bond acceptors (Lipinski definition) is 3. The Morgan fingerprint density at radius 2 is 0.926 bits per heavy atom. The van der Waals surface area contributed by atoms with E-state index in [4.69, 9.17) is 4.74 Å². The maximum absolute atomic E-state index is 12.6. The van der Waals surface area contributed by atoms with Crippen LogP contribution in [-0.2, 0) is 14.3 Å². The molecule has 2 aromatic rings. The summed E-state index contributed by atoms with van der Waals surface area (Å²) in [5.41, 5.74) is 4.99. The summed E-state index contributed by atoms with van der Waals surface area (Å²) in [6, 6.07) is 20.9. The van der Waals surface area contributed by atoms with Gasteiger partial charge in [-0.05, 0) is 36.8 Å². The Balaban J connectivity index is 1.76. The zero-order valence-corrected chi connectivity index (χ0v) is 15.5. The first-order chi connectivity index (χ1) is 13.1. The molecule has 27 heavy (non-hydrogen) atoms. The van der Waals surface area contributed by atoms with Gasteiger partial charge in [-0.1, -0.05) is 71.8 Å². The van der Waals surface area contributed by atoms with Crippen molar-refractivity contribution in [2.45, 2.75) is 25.7 Å². The van der Waals surface area contributed by atoms with Gasteiger partial charge in [-0.25, -0.2) is 0 Å². The third kappa shape index (κ3) is 2.21. The lowest BCUT2D eigenvalue weighted by Crippen LogP contribution is -2.50. The normalized spacial score (nSPS) is 34.6. The minimum absolute atomic E-state index is 0.00607. The van der Waals surface area contributed by atoms with Crippen molar-refractivity contribution in [2.24, 2.45) is 23.7 Å². The van der Waals surface area contributed by atoms with Crippen molar-refractivity contribution in [3.05, 3.63) is 82.9 Å². The highest BCUT2D eigenvalue weighted by atomic mass is 16.6. The van der Waals surface area contributed by atoms with Gasteiger partial charge in [0.15, 0.2) is 0 Å². The van der Waals surface area contributed by atoms with Crippen molar-refractivity contribution >= 4 is 11.9 Å². The Bertz CT molecular complexity index is 867. The van der Waals surface area contributed by atoms with Gasteiger partial charge in [0.05, 0.1) is 11.8 Å². The van der Waals surface area contributed by atoms with Crippen molar-refractivity contribution < 1.29 is 14.3 Å². The second kappa shape index (κ2) is 5.91. The lowest BCUT2D eigenvalue weighted by atomic mass is 9.47. The molecule has 2 aromatic carbocycles. The number of carbonyl (C=O) groups is 2. The van der Waals surface area contributed by atoms with E-state index in [-0.39, 0.29) is 47.4 Å². The monoisotopic (exact) mass is 358 g/mol. The summed E-state index contributed by atoms with van der Waals surface area (Å²) in [7, 11) is 0. The molecule has 0 radical (unpaired) electrons. The van der Waals surface area contributed by atoms with Crippen LogP contribution in [0.2, 0.25) is 0 Å². The van der Waals surface area contributed by atoms with E-state index >= 15 is 0 Å². The molecule has 1 aliphatic heterocycles. The fourth-order valence-electron chi connectivity index (χ4n) is 5.94. The van der Waals surface area contributed by atoms with Gasteiger partial charge in [0.25, 0.3) is 0 Å². The highest BCUT2D eigenvalue weighted by Crippen LogP contribution is 2.65. The molecule has 0 aromatic heterocycles. The van der Waals surface area contributed by atoms with Crippen molar-refractivity contribution in [1.82, 2.24) is 0 Å². The molecule has 1 saturated carbocycles. The molecule has 1 heterocycles. The predicted octanol–water partition coefficient (Wildman–Crippen LogP) is 4.47. The topological polar surface area (TPSA) is 43.4 Å². The standard InChI is InChI=1S/C24H22O3/c1-13-14(2)18-20(16-11-7-4-8-12-16)19(15-9-5-3-6-10-15)17(13)21-22(18)24(26)27-23(21)25/h3-12,17-22H,1-2H3. The van der Waals surface area contributed by atoms with Crippen molar-refractivity contribution in [3.8, 4) is 0 Å². The first-order valence-corrected chi connectivity index (χ1v) is 9.62. The zero-order chi connectivity index (χ0) is 18.7. The van der Waals surface area contributed by atoms with Gasteiger partial charge >= 0.3 is 11.9 Å². The molecule has 3 heteroatoms.